The Morgan fingerprint density at radius 1 is 0.905 bits per heavy atom. The first kappa shape index (κ1) is 15.8. The van der Waals surface area contributed by atoms with E-state index in [1.165, 1.54) is 65.0 Å². The Labute approximate surface area is 131 Å². The minimum Gasteiger partial charge on any atom is -0.327 e. The van der Waals surface area contributed by atoms with Crippen molar-refractivity contribution in [3.05, 3.63) is 0 Å². The lowest BCUT2D eigenvalue weighted by molar-refractivity contribution is 0.0159. The van der Waals surface area contributed by atoms with Gasteiger partial charge in [-0.1, -0.05) is 20.8 Å². The Bertz CT molecular complexity index is 342. The summed E-state index contributed by atoms with van der Waals surface area (Å²) in [4.78, 5) is 5.41. The fourth-order valence-corrected chi connectivity index (χ4v) is 4.40. The predicted molar refractivity (Wildman–Crippen MR) is 89.2 cm³/mol. The van der Waals surface area contributed by atoms with Gasteiger partial charge in [-0.05, 0) is 48.9 Å². The molecule has 0 aromatic heterocycles. The van der Waals surface area contributed by atoms with Crippen LogP contribution in [0.2, 0.25) is 0 Å². The van der Waals surface area contributed by atoms with Gasteiger partial charge in [-0.25, -0.2) is 0 Å². The lowest BCUT2D eigenvalue weighted by atomic mass is 9.61. The van der Waals surface area contributed by atoms with Gasteiger partial charge in [0, 0.05) is 45.3 Å². The third-order valence-corrected chi connectivity index (χ3v) is 6.87. The Balaban J connectivity index is 1.48. The van der Waals surface area contributed by atoms with Gasteiger partial charge < -0.3 is 15.5 Å². The van der Waals surface area contributed by atoms with E-state index in [1.54, 1.807) is 0 Å². The normalized spacial score (nSPS) is 38.6. The van der Waals surface area contributed by atoms with E-state index in [0.717, 1.165) is 11.8 Å². The van der Waals surface area contributed by atoms with E-state index in [-0.39, 0.29) is 0 Å². The fourth-order valence-electron chi connectivity index (χ4n) is 4.40. The summed E-state index contributed by atoms with van der Waals surface area (Å²) in [5.74, 6) is 2.51. The predicted octanol–water partition coefficient (Wildman–Crippen LogP) is 2.41. The van der Waals surface area contributed by atoms with E-state index in [0.29, 0.717) is 17.4 Å². The minimum absolute atomic E-state index is 0.392. The van der Waals surface area contributed by atoms with E-state index < -0.39 is 0 Å². The molecule has 2 aliphatic carbocycles. The van der Waals surface area contributed by atoms with Crippen LogP contribution in [0.25, 0.3) is 0 Å². The molecule has 3 nitrogen and oxygen atoms in total. The summed E-state index contributed by atoms with van der Waals surface area (Å²) in [6, 6.07) is 0.409. The molecule has 2 N–H and O–H groups in total. The third kappa shape index (κ3) is 3.62. The lowest BCUT2D eigenvalue weighted by Crippen LogP contribution is -2.53. The molecular formula is C18H35N3. The molecule has 0 aromatic rings. The first-order valence-corrected chi connectivity index (χ1v) is 9.17. The molecule has 0 spiro atoms. The molecule has 21 heavy (non-hydrogen) atoms. The molecule has 0 bridgehead atoms. The van der Waals surface area contributed by atoms with Gasteiger partial charge in [0.2, 0.25) is 0 Å². The topological polar surface area (TPSA) is 32.5 Å². The average molecular weight is 293 g/mol. The summed E-state index contributed by atoms with van der Waals surface area (Å²) in [6.45, 7) is 15.1. The van der Waals surface area contributed by atoms with Crippen LogP contribution in [-0.2, 0) is 0 Å². The van der Waals surface area contributed by atoms with E-state index >= 15 is 0 Å². The molecule has 3 aliphatic rings. The molecule has 1 saturated heterocycles. The van der Waals surface area contributed by atoms with E-state index in [1.807, 2.05) is 0 Å². The van der Waals surface area contributed by atoms with Crippen molar-refractivity contribution in [3.8, 4) is 0 Å². The van der Waals surface area contributed by atoms with Crippen molar-refractivity contribution in [1.29, 1.82) is 0 Å². The summed E-state index contributed by atoms with van der Waals surface area (Å²) in [5, 5.41) is 0. The van der Waals surface area contributed by atoms with Crippen molar-refractivity contribution in [1.82, 2.24) is 9.80 Å². The van der Waals surface area contributed by atoms with Crippen molar-refractivity contribution in [2.45, 2.75) is 52.5 Å². The second-order valence-electron chi connectivity index (χ2n) is 8.59. The van der Waals surface area contributed by atoms with Gasteiger partial charge in [0.25, 0.3) is 0 Å². The number of nitrogens with two attached hydrogens (primary N) is 1. The third-order valence-electron chi connectivity index (χ3n) is 6.87. The second-order valence-corrected chi connectivity index (χ2v) is 8.59. The van der Waals surface area contributed by atoms with Crippen molar-refractivity contribution >= 4 is 0 Å². The van der Waals surface area contributed by atoms with Crippen LogP contribution in [0.3, 0.4) is 0 Å². The summed E-state index contributed by atoms with van der Waals surface area (Å²) >= 11 is 0. The summed E-state index contributed by atoms with van der Waals surface area (Å²) in [7, 11) is 0. The molecule has 2 saturated carbocycles. The molecule has 0 amide bonds. The van der Waals surface area contributed by atoms with Crippen LogP contribution in [0.15, 0.2) is 0 Å². The zero-order valence-electron chi connectivity index (χ0n) is 14.4. The highest BCUT2D eigenvalue weighted by Gasteiger charge is 2.42. The molecule has 3 fully saturated rings. The van der Waals surface area contributed by atoms with Crippen LogP contribution in [0.1, 0.15) is 46.5 Å². The van der Waals surface area contributed by atoms with Crippen LogP contribution in [-0.4, -0.2) is 55.1 Å². The quantitative estimate of drug-likeness (QED) is 0.864. The fraction of sp³-hybridized carbons (Fsp3) is 1.00. The van der Waals surface area contributed by atoms with Gasteiger partial charge in [-0.3, -0.25) is 0 Å². The largest absolute Gasteiger partial charge is 0.327 e. The molecular weight excluding hydrogens is 258 g/mol. The van der Waals surface area contributed by atoms with Gasteiger partial charge in [-0.2, -0.15) is 0 Å². The number of nitrogens with zero attached hydrogens (tertiary/aromatic N) is 2. The van der Waals surface area contributed by atoms with Crippen LogP contribution in [0.5, 0.6) is 0 Å². The molecule has 122 valence electrons. The molecule has 0 aromatic carbocycles. The summed E-state index contributed by atoms with van der Waals surface area (Å²) < 4.78 is 0. The Morgan fingerprint density at radius 3 is 2.05 bits per heavy atom. The summed E-state index contributed by atoms with van der Waals surface area (Å²) in [5.41, 5.74) is 6.69. The maximum atomic E-state index is 6.30. The molecule has 1 aliphatic heterocycles. The number of hydrogen-bond donors (Lipinski definition) is 1. The summed E-state index contributed by atoms with van der Waals surface area (Å²) in [6.07, 6.45) is 5.50. The standard InChI is InChI=1S/C18H35N3/c1-14-17(19)7-6-16(18(14,2)3)13-21-10-8-20(9-11-21)12-15-4-5-15/h14-17H,4-13,19H2,1-3H3. The second kappa shape index (κ2) is 6.17. The molecule has 0 radical (unpaired) electrons. The van der Waals surface area contributed by atoms with E-state index in [4.69, 9.17) is 5.73 Å². The minimum atomic E-state index is 0.392. The van der Waals surface area contributed by atoms with Crippen LogP contribution < -0.4 is 5.73 Å². The van der Waals surface area contributed by atoms with Gasteiger partial charge in [0.1, 0.15) is 0 Å². The number of piperazine rings is 1. The van der Waals surface area contributed by atoms with Crippen LogP contribution in [0.4, 0.5) is 0 Å². The molecule has 3 unspecified atom stereocenters. The van der Waals surface area contributed by atoms with E-state index in [9.17, 15) is 0 Å². The Hall–Kier alpha value is -0.120. The molecule has 3 atom stereocenters. The zero-order chi connectivity index (χ0) is 15.0. The van der Waals surface area contributed by atoms with Gasteiger partial charge in [0.15, 0.2) is 0 Å². The van der Waals surface area contributed by atoms with Gasteiger partial charge in [-0.15, -0.1) is 0 Å². The highest BCUT2D eigenvalue weighted by Crippen LogP contribution is 2.44. The SMILES string of the molecule is CC1C(N)CCC(CN2CCN(CC3CC3)CC2)C1(C)C. The highest BCUT2D eigenvalue weighted by molar-refractivity contribution is 4.95. The highest BCUT2D eigenvalue weighted by atomic mass is 15.3. The number of hydrogen-bond acceptors (Lipinski definition) is 3. The molecule has 3 heteroatoms. The maximum Gasteiger partial charge on any atom is 0.0110 e. The molecule has 1 heterocycles. The van der Waals surface area contributed by atoms with Crippen molar-refractivity contribution in [2.24, 2.45) is 28.9 Å². The monoisotopic (exact) mass is 293 g/mol. The van der Waals surface area contributed by atoms with Crippen LogP contribution in [0, 0.1) is 23.2 Å². The zero-order valence-corrected chi connectivity index (χ0v) is 14.4. The number of rotatable bonds is 4. The van der Waals surface area contributed by atoms with Crippen LogP contribution >= 0.6 is 0 Å². The first-order valence-electron chi connectivity index (χ1n) is 9.17. The van der Waals surface area contributed by atoms with Crippen molar-refractivity contribution in [2.75, 3.05) is 39.3 Å². The Morgan fingerprint density at radius 2 is 1.48 bits per heavy atom. The van der Waals surface area contributed by atoms with Gasteiger partial charge in [0.05, 0.1) is 0 Å². The molecule has 3 rings (SSSR count). The van der Waals surface area contributed by atoms with Crippen molar-refractivity contribution < 1.29 is 0 Å². The van der Waals surface area contributed by atoms with Gasteiger partial charge >= 0.3 is 0 Å². The Kier molecular flexibility index (Phi) is 4.63. The first-order chi connectivity index (χ1) is 9.96. The van der Waals surface area contributed by atoms with Crippen molar-refractivity contribution in [3.63, 3.8) is 0 Å². The lowest BCUT2D eigenvalue weighted by Gasteiger charge is -2.49. The maximum absolute atomic E-state index is 6.30. The van der Waals surface area contributed by atoms with E-state index in [2.05, 4.69) is 30.6 Å². The smallest absolute Gasteiger partial charge is 0.0110 e. The average Bonchev–Trinajstić information content (AvgIpc) is 3.26.